The lowest BCUT2D eigenvalue weighted by Crippen LogP contribution is -2.36. The van der Waals surface area contributed by atoms with Crippen molar-refractivity contribution in [2.45, 2.75) is 38.1 Å². The van der Waals surface area contributed by atoms with Crippen LogP contribution in [0.5, 0.6) is 0 Å². The van der Waals surface area contributed by atoms with Crippen molar-refractivity contribution in [3.63, 3.8) is 0 Å². The van der Waals surface area contributed by atoms with Gasteiger partial charge in [0.1, 0.15) is 12.1 Å². The number of amides is 1. The predicted octanol–water partition coefficient (Wildman–Crippen LogP) is 4.44. The van der Waals surface area contributed by atoms with Crippen molar-refractivity contribution in [2.24, 2.45) is 0 Å². The van der Waals surface area contributed by atoms with Crippen LogP contribution in [0.4, 0.5) is 11.5 Å². The first-order chi connectivity index (χ1) is 12.8. The Morgan fingerprint density at radius 1 is 0.962 bits per heavy atom. The highest BCUT2D eigenvalue weighted by molar-refractivity contribution is 5.96. The highest BCUT2D eigenvalue weighted by Crippen LogP contribution is 2.23. The van der Waals surface area contributed by atoms with Crippen LogP contribution in [0.3, 0.4) is 0 Å². The van der Waals surface area contributed by atoms with Gasteiger partial charge in [-0.1, -0.05) is 37.5 Å². The smallest absolute Gasteiger partial charge is 0.251 e. The Labute approximate surface area is 152 Å². The Bertz CT molecular complexity index is 913. The Kier molecular flexibility index (Phi) is 4.78. The second-order valence-corrected chi connectivity index (χ2v) is 6.75. The van der Waals surface area contributed by atoms with Gasteiger partial charge in [0.15, 0.2) is 0 Å². The third kappa shape index (κ3) is 3.67. The molecule has 4 rings (SSSR count). The summed E-state index contributed by atoms with van der Waals surface area (Å²) in [6.07, 6.45) is 7.39. The third-order valence-electron chi connectivity index (χ3n) is 4.87. The summed E-state index contributed by atoms with van der Waals surface area (Å²) in [5.41, 5.74) is 2.39. The summed E-state index contributed by atoms with van der Waals surface area (Å²) in [6.45, 7) is 0. The molecule has 0 saturated heterocycles. The number of aromatic nitrogens is 2. The molecule has 1 fully saturated rings. The molecular formula is C21H22N4O. The molecule has 5 nitrogen and oxygen atoms in total. The molecule has 1 aliphatic rings. The summed E-state index contributed by atoms with van der Waals surface area (Å²) in [6, 6.07) is 15.7. The number of fused-ring (bicyclic) bond motifs is 1. The molecule has 1 heterocycles. The van der Waals surface area contributed by atoms with Gasteiger partial charge < -0.3 is 10.6 Å². The van der Waals surface area contributed by atoms with Crippen LogP contribution in [0.25, 0.3) is 10.9 Å². The van der Waals surface area contributed by atoms with Gasteiger partial charge in [0, 0.05) is 22.7 Å². The number of carbonyl (C=O) groups excluding carboxylic acids is 1. The number of nitrogens with one attached hydrogen (secondary N) is 2. The topological polar surface area (TPSA) is 66.9 Å². The minimum absolute atomic E-state index is 0.00639. The van der Waals surface area contributed by atoms with E-state index in [9.17, 15) is 4.79 Å². The van der Waals surface area contributed by atoms with Crippen molar-refractivity contribution in [3.8, 4) is 0 Å². The van der Waals surface area contributed by atoms with Gasteiger partial charge in [-0.15, -0.1) is 0 Å². The molecule has 0 spiro atoms. The van der Waals surface area contributed by atoms with Crippen LogP contribution in [-0.4, -0.2) is 21.9 Å². The highest BCUT2D eigenvalue weighted by Gasteiger charge is 2.16. The number of benzene rings is 2. The molecule has 0 aliphatic heterocycles. The van der Waals surface area contributed by atoms with E-state index in [1.54, 1.807) is 6.33 Å². The van der Waals surface area contributed by atoms with E-state index in [0.29, 0.717) is 11.6 Å². The zero-order chi connectivity index (χ0) is 17.8. The summed E-state index contributed by atoms with van der Waals surface area (Å²) in [5.74, 6) is 0.730. The first kappa shape index (κ1) is 16.5. The zero-order valence-electron chi connectivity index (χ0n) is 14.6. The molecule has 132 valence electrons. The maximum absolute atomic E-state index is 12.6. The lowest BCUT2D eigenvalue weighted by Gasteiger charge is -2.22. The Morgan fingerprint density at radius 3 is 2.69 bits per heavy atom. The summed E-state index contributed by atoms with van der Waals surface area (Å²) in [7, 11) is 0. The first-order valence-electron chi connectivity index (χ1n) is 9.17. The van der Waals surface area contributed by atoms with E-state index in [1.165, 1.54) is 19.3 Å². The molecule has 0 unspecified atom stereocenters. The fourth-order valence-corrected chi connectivity index (χ4v) is 3.49. The normalized spacial score (nSPS) is 14.9. The molecule has 26 heavy (non-hydrogen) atoms. The maximum atomic E-state index is 12.6. The van der Waals surface area contributed by atoms with Gasteiger partial charge in [-0.05, 0) is 43.2 Å². The van der Waals surface area contributed by atoms with Crippen LogP contribution in [0.1, 0.15) is 42.5 Å². The van der Waals surface area contributed by atoms with E-state index in [-0.39, 0.29) is 5.91 Å². The van der Waals surface area contributed by atoms with Gasteiger partial charge in [0.05, 0.1) is 5.52 Å². The SMILES string of the molecule is O=C(NC1CCCCC1)c1cccc(Nc2ncnc3ccccc23)c1. The number of carbonyl (C=O) groups is 1. The van der Waals surface area contributed by atoms with Crippen molar-refractivity contribution < 1.29 is 4.79 Å². The van der Waals surface area contributed by atoms with Gasteiger partial charge >= 0.3 is 0 Å². The number of rotatable bonds is 4. The highest BCUT2D eigenvalue weighted by atomic mass is 16.1. The van der Waals surface area contributed by atoms with Gasteiger partial charge in [-0.3, -0.25) is 4.79 Å². The minimum atomic E-state index is -0.00639. The third-order valence-corrected chi connectivity index (χ3v) is 4.87. The first-order valence-corrected chi connectivity index (χ1v) is 9.17. The van der Waals surface area contributed by atoms with Crippen molar-refractivity contribution in [3.05, 3.63) is 60.4 Å². The second kappa shape index (κ2) is 7.52. The van der Waals surface area contributed by atoms with Gasteiger partial charge in [-0.25, -0.2) is 9.97 Å². The molecule has 0 bridgehead atoms. The quantitative estimate of drug-likeness (QED) is 0.733. The van der Waals surface area contributed by atoms with E-state index in [4.69, 9.17) is 0 Å². The Hall–Kier alpha value is -2.95. The standard InChI is InChI=1S/C21H22N4O/c26-21(25-16-8-2-1-3-9-16)15-7-6-10-17(13-15)24-20-18-11-4-5-12-19(18)22-14-23-20/h4-7,10-14,16H,1-3,8-9H2,(H,25,26)(H,22,23,24). The average Bonchev–Trinajstić information content (AvgIpc) is 2.69. The number of nitrogens with zero attached hydrogens (tertiary/aromatic N) is 2. The van der Waals surface area contributed by atoms with Gasteiger partial charge in [-0.2, -0.15) is 0 Å². The van der Waals surface area contributed by atoms with E-state index in [0.717, 1.165) is 35.2 Å². The van der Waals surface area contributed by atoms with Crippen LogP contribution < -0.4 is 10.6 Å². The zero-order valence-corrected chi connectivity index (χ0v) is 14.6. The van der Waals surface area contributed by atoms with Crippen molar-refractivity contribution >= 4 is 28.3 Å². The van der Waals surface area contributed by atoms with Gasteiger partial charge in [0.25, 0.3) is 5.91 Å². The fourth-order valence-electron chi connectivity index (χ4n) is 3.49. The minimum Gasteiger partial charge on any atom is -0.349 e. The van der Waals surface area contributed by atoms with Gasteiger partial charge in [0.2, 0.25) is 0 Å². The summed E-state index contributed by atoms with van der Waals surface area (Å²) in [5, 5.41) is 7.43. The van der Waals surface area contributed by atoms with Crippen LogP contribution in [0.15, 0.2) is 54.9 Å². The molecule has 1 aliphatic carbocycles. The number of anilines is 2. The molecule has 5 heteroatoms. The van der Waals surface area contributed by atoms with Crippen LogP contribution in [0, 0.1) is 0 Å². The van der Waals surface area contributed by atoms with Crippen LogP contribution in [0.2, 0.25) is 0 Å². The average molecular weight is 346 g/mol. The summed E-state index contributed by atoms with van der Waals surface area (Å²) < 4.78 is 0. The molecule has 1 saturated carbocycles. The van der Waals surface area contributed by atoms with Crippen molar-refractivity contribution in [1.29, 1.82) is 0 Å². The van der Waals surface area contributed by atoms with E-state index >= 15 is 0 Å². The Morgan fingerprint density at radius 2 is 1.81 bits per heavy atom. The maximum Gasteiger partial charge on any atom is 0.251 e. The Balaban J connectivity index is 1.52. The molecule has 0 radical (unpaired) electrons. The fraction of sp³-hybridized carbons (Fsp3) is 0.286. The molecular weight excluding hydrogens is 324 g/mol. The van der Waals surface area contributed by atoms with Crippen LogP contribution >= 0.6 is 0 Å². The number of hydrogen-bond donors (Lipinski definition) is 2. The van der Waals surface area contributed by atoms with Crippen molar-refractivity contribution in [1.82, 2.24) is 15.3 Å². The molecule has 0 atom stereocenters. The second-order valence-electron chi connectivity index (χ2n) is 6.75. The van der Waals surface area contributed by atoms with Crippen molar-refractivity contribution in [2.75, 3.05) is 5.32 Å². The van der Waals surface area contributed by atoms with E-state index in [1.807, 2.05) is 48.5 Å². The predicted molar refractivity (Wildman–Crippen MR) is 104 cm³/mol. The number of para-hydroxylation sites is 1. The largest absolute Gasteiger partial charge is 0.349 e. The molecule has 3 aromatic rings. The molecule has 2 aromatic carbocycles. The van der Waals surface area contributed by atoms with Crippen LogP contribution in [-0.2, 0) is 0 Å². The lowest BCUT2D eigenvalue weighted by atomic mass is 9.95. The molecule has 1 amide bonds. The van der Waals surface area contributed by atoms with E-state index in [2.05, 4.69) is 20.6 Å². The monoisotopic (exact) mass is 346 g/mol. The summed E-state index contributed by atoms with van der Waals surface area (Å²) in [4.78, 5) is 21.2. The number of hydrogen-bond acceptors (Lipinski definition) is 4. The van der Waals surface area contributed by atoms with E-state index < -0.39 is 0 Å². The lowest BCUT2D eigenvalue weighted by molar-refractivity contribution is 0.0928. The molecule has 2 N–H and O–H groups in total. The summed E-state index contributed by atoms with van der Waals surface area (Å²) >= 11 is 0. The molecule has 1 aromatic heterocycles.